The lowest BCUT2D eigenvalue weighted by molar-refractivity contribution is -0.124. The zero-order chi connectivity index (χ0) is 16.1. The quantitative estimate of drug-likeness (QED) is 0.756. The summed E-state index contributed by atoms with van der Waals surface area (Å²) in [4.78, 5) is 11.8. The number of rotatable bonds is 8. The first kappa shape index (κ1) is 19.7. The van der Waals surface area contributed by atoms with Crippen LogP contribution in [-0.4, -0.2) is 32.3 Å². The summed E-state index contributed by atoms with van der Waals surface area (Å²) in [6.07, 6.45) is 2.31. The van der Waals surface area contributed by atoms with E-state index in [1.165, 1.54) is 13.2 Å². The van der Waals surface area contributed by atoms with Crippen molar-refractivity contribution in [2.75, 3.05) is 20.3 Å². The van der Waals surface area contributed by atoms with Crippen LogP contribution in [0.3, 0.4) is 0 Å². The third kappa shape index (κ3) is 5.97. The molecular weight excluding hydrogens is 323 g/mol. The molecule has 3 N–H and O–H groups in total. The van der Waals surface area contributed by atoms with Crippen LogP contribution >= 0.6 is 12.4 Å². The van der Waals surface area contributed by atoms with Crippen molar-refractivity contribution in [1.29, 1.82) is 0 Å². The maximum Gasteiger partial charge on any atom is 0.239 e. The molecule has 130 valence electrons. The van der Waals surface area contributed by atoms with E-state index in [0.717, 1.165) is 12.8 Å². The van der Waals surface area contributed by atoms with Gasteiger partial charge >= 0.3 is 0 Å². The molecule has 0 heterocycles. The molecule has 5 nitrogen and oxygen atoms in total. The van der Waals surface area contributed by atoms with Gasteiger partial charge in [0, 0.05) is 7.11 Å². The Morgan fingerprint density at radius 2 is 2.17 bits per heavy atom. The van der Waals surface area contributed by atoms with Crippen LogP contribution in [0.15, 0.2) is 18.2 Å². The van der Waals surface area contributed by atoms with Gasteiger partial charge in [-0.25, -0.2) is 4.39 Å². The van der Waals surface area contributed by atoms with E-state index in [1.807, 2.05) is 0 Å². The van der Waals surface area contributed by atoms with Crippen molar-refractivity contribution >= 4 is 18.3 Å². The van der Waals surface area contributed by atoms with Gasteiger partial charge in [0.15, 0.2) is 11.6 Å². The molecule has 2 unspecified atom stereocenters. The van der Waals surface area contributed by atoms with Gasteiger partial charge in [0.25, 0.3) is 0 Å². The smallest absolute Gasteiger partial charge is 0.239 e. The molecule has 23 heavy (non-hydrogen) atoms. The highest BCUT2D eigenvalue weighted by molar-refractivity contribution is 5.85. The largest absolute Gasteiger partial charge is 0.490 e. The first-order valence-electron chi connectivity index (χ1n) is 7.48. The summed E-state index contributed by atoms with van der Waals surface area (Å²) in [5.41, 5.74) is 6.31. The van der Waals surface area contributed by atoms with Gasteiger partial charge in [0.2, 0.25) is 5.91 Å². The molecule has 1 amide bonds. The van der Waals surface area contributed by atoms with Crippen molar-refractivity contribution in [3.05, 3.63) is 29.6 Å². The van der Waals surface area contributed by atoms with E-state index < -0.39 is 11.9 Å². The van der Waals surface area contributed by atoms with Crippen molar-refractivity contribution < 1.29 is 18.7 Å². The van der Waals surface area contributed by atoms with Crippen LogP contribution in [0.5, 0.6) is 5.75 Å². The Morgan fingerprint density at radius 1 is 1.48 bits per heavy atom. The lowest BCUT2D eigenvalue weighted by Crippen LogP contribution is -2.44. The molecule has 1 aromatic rings. The van der Waals surface area contributed by atoms with Gasteiger partial charge in [-0.2, -0.15) is 0 Å². The van der Waals surface area contributed by atoms with Crippen molar-refractivity contribution in [2.24, 2.45) is 11.7 Å². The van der Waals surface area contributed by atoms with Crippen molar-refractivity contribution in [1.82, 2.24) is 5.32 Å². The minimum atomic E-state index is -0.738. The third-order valence-electron chi connectivity index (χ3n) is 3.67. The molecule has 0 spiro atoms. The molecule has 7 heteroatoms. The standard InChI is InChI=1S/C16H23FN2O3.ClH/c1-10(19-16(20)14(18)9-21-2)12-5-6-15(13(17)7-12)22-8-11-3-4-11;/h5-7,10-11,14H,3-4,8-9,18H2,1-2H3,(H,19,20);1H. The molecule has 0 aliphatic heterocycles. The maximum absolute atomic E-state index is 14.0. The number of halogens is 2. The van der Waals surface area contributed by atoms with Gasteiger partial charge < -0.3 is 20.5 Å². The molecule has 1 aromatic carbocycles. The van der Waals surface area contributed by atoms with Gasteiger partial charge in [-0.05, 0) is 43.4 Å². The Hall–Kier alpha value is -1.37. The van der Waals surface area contributed by atoms with E-state index in [0.29, 0.717) is 18.1 Å². The molecule has 1 aliphatic carbocycles. The fraction of sp³-hybridized carbons (Fsp3) is 0.562. The van der Waals surface area contributed by atoms with Crippen LogP contribution in [0.25, 0.3) is 0 Å². The Morgan fingerprint density at radius 3 is 2.74 bits per heavy atom. The highest BCUT2D eigenvalue weighted by Crippen LogP contribution is 2.30. The van der Waals surface area contributed by atoms with Crippen molar-refractivity contribution in [2.45, 2.75) is 31.8 Å². The monoisotopic (exact) mass is 346 g/mol. The van der Waals surface area contributed by atoms with Gasteiger partial charge in [-0.1, -0.05) is 6.07 Å². The Bertz CT molecular complexity index is 526. The van der Waals surface area contributed by atoms with E-state index in [2.05, 4.69) is 5.32 Å². The Labute approximate surface area is 142 Å². The second kappa shape index (κ2) is 9.05. The van der Waals surface area contributed by atoms with Crippen LogP contribution in [0.4, 0.5) is 4.39 Å². The van der Waals surface area contributed by atoms with E-state index >= 15 is 0 Å². The van der Waals surface area contributed by atoms with Crippen LogP contribution < -0.4 is 15.8 Å². The lowest BCUT2D eigenvalue weighted by atomic mass is 10.1. The second-order valence-corrected chi connectivity index (χ2v) is 5.74. The second-order valence-electron chi connectivity index (χ2n) is 5.74. The molecule has 2 atom stereocenters. The average Bonchev–Trinajstić information content (AvgIpc) is 3.30. The summed E-state index contributed by atoms with van der Waals surface area (Å²) >= 11 is 0. The number of hydrogen-bond acceptors (Lipinski definition) is 4. The van der Waals surface area contributed by atoms with Crippen LogP contribution in [0.2, 0.25) is 0 Å². The van der Waals surface area contributed by atoms with Crippen LogP contribution in [-0.2, 0) is 9.53 Å². The van der Waals surface area contributed by atoms with Gasteiger partial charge in [-0.3, -0.25) is 4.79 Å². The topological polar surface area (TPSA) is 73.6 Å². The van der Waals surface area contributed by atoms with Crippen LogP contribution in [0, 0.1) is 11.7 Å². The molecule has 0 saturated heterocycles. The molecular formula is C16H24ClFN2O3. The molecule has 0 bridgehead atoms. The molecule has 1 fully saturated rings. The lowest BCUT2D eigenvalue weighted by Gasteiger charge is -2.18. The van der Waals surface area contributed by atoms with E-state index in [-0.39, 0.29) is 36.7 Å². The van der Waals surface area contributed by atoms with Crippen molar-refractivity contribution in [3.63, 3.8) is 0 Å². The van der Waals surface area contributed by atoms with E-state index in [9.17, 15) is 9.18 Å². The summed E-state index contributed by atoms with van der Waals surface area (Å²) in [5, 5.41) is 2.74. The zero-order valence-electron chi connectivity index (χ0n) is 13.4. The number of carbonyl (C=O) groups excluding carboxylic acids is 1. The average molecular weight is 347 g/mol. The summed E-state index contributed by atoms with van der Waals surface area (Å²) in [5.74, 6) is 0.0779. The van der Waals surface area contributed by atoms with E-state index in [4.69, 9.17) is 15.2 Å². The number of hydrogen-bond donors (Lipinski definition) is 2. The summed E-state index contributed by atoms with van der Waals surface area (Å²) in [6, 6.07) is 3.65. The SMILES string of the molecule is COCC(N)C(=O)NC(C)c1ccc(OCC2CC2)c(F)c1.Cl. The molecule has 0 radical (unpaired) electrons. The normalized spacial score (nSPS) is 16.2. The highest BCUT2D eigenvalue weighted by Gasteiger charge is 2.23. The molecule has 0 aromatic heterocycles. The number of methoxy groups -OCH3 is 1. The number of amides is 1. The molecule has 1 saturated carbocycles. The van der Waals surface area contributed by atoms with Gasteiger partial charge in [-0.15, -0.1) is 12.4 Å². The number of benzene rings is 1. The van der Waals surface area contributed by atoms with Crippen molar-refractivity contribution in [3.8, 4) is 5.75 Å². The number of ether oxygens (including phenoxy) is 2. The first-order valence-corrected chi connectivity index (χ1v) is 7.48. The Kier molecular flexibility index (Phi) is 7.75. The Balaban J connectivity index is 0.00000264. The third-order valence-corrected chi connectivity index (χ3v) is 3.67. The minimum absolute atomic E-state index is 0. The summed E-state index contributed by atoms with van der Waals surface area (Å²) in [7, 11) is 1.48. The molecule has 2 rings (SSSR count). The highest BCUT2D eigenvalue weighted by atomic mass is 35.5. The van der Waals surface area contributed by atoms with Crippen LogP contribution in [0.1, 0.15) is 31.4 Å². The predicted molar refractivity (Wildman–Crippen MR) is 88.3 cm³/mol. The first-order chi connectivity index (χ1) is 10.5. The number of nitrogens with one attached hydrogen (secondary N) is 1. The number of nitrogens with two attached hydrogens (primary N) is 1. The number of carbonyl (C=O) groups is 1. The predicted octanol–water partition coefficient (Wildman–Crippen LogP) is 2.19. The molecule has 1 aliphatic rings. The summed E-state index contributed by atoms with van der Waals surface area (Å²) < 4.78 is 24.3. The van der Waals surface area contributed by atoms with Gasteiger partial charge in [0.05, 0.1) is 19.3 Å². The van der Waals surface area contributed by atoms with Gasteiger partial charge in [0.1, 0.15) is 6.04 Å². The van der Waals surface area contributed by atoms with E-state index in [1.54, 1.807) is 19.1 Å². The fourth-order valence-electron chi connectivity index (χ4n) is 2.05. The summed E-state index contributed by atoms with van der Waals surface area (Å²) in [6.45, 7) is 2.48. The minimum Gasteiger partial charge on any atom is -0.490 e. The fourth-order valence-corrected chi connectivity index (χ4v) is 2.05. The maximum atomic E-state index is 14.0. The zero-order valence-corrected chi connectivity index (χ0v) is 14.2.